The minimum absolute atomic E-state index is 0.115. The van der Waals surface area contributed by atoms with Crippen molar-refractivity contribution in [2.24, 2.45) is 5.92 Å². The number of carbonyl (C=O) groups excluding carboxylic acids is 2. The number of hydrogen-bond acceptors (Lipinski definition) is 7. The lowest BCUT2D eigenvalue weighted by molar-refractivity contribution is -0.141. The fraction of sp³-hybridized carbons (Fsp3) is 0.395. The highest BCUT2D eigenvalue weighted by atomic mass is 32.1. The molecule has 2 aromatic heterocycles. The number of nitrogens with zero attached hydrogens (tertiary/aromatic N) is 2. The van der Waals surface area contributed by atoms with Crippen molar-refractivity contribution in [3.05, 3.63) is 88.4 Å². The molecule has 0 spiro atoms. The SMILES string of the molecule is CC(C)CCCCOc1ccc(-c2cnc(-c3ccc(C[C@H](NC(=O)c4ccc(C(C)(C)C)s4)C(=O)N[C@H](C)C(=O)O)cc3)nc2)cc1. The summed E-state index contributed by atoms with van der Waals surface area (Å²) in [5, 5.41) is 14.6. The van der Waals surface area contributed by atoms with Crippen molar-refractivity contribution in [1.82, 2.24) is 20.6 Å². The van der Waals surface area contributed by atoms with Crippen molar-refractivity contribution in [3.63, 3.8) is 0 Å². The van der Waals surface area contributed by atoms with Crippen LogP contribution in [0.1, 0.15) is 80.9 Å². The molecule has 0 aliphatic rings. The number of rotatable bonds is 15. The Morgan fingerprint density at radius 3 is 2.06 bits per heavy atom. The molecule has 0 saturated heterocycles. The molecule has 3 N–H and O–H groups in total. The van der Waals surface area contributed by atoms with Crippen LogP contribution in [0, 0.1) is 5.92 Å². The largest absolute Gasteiger partial charge is 0.494 e. The third kappa shape index (κ3) is 10.5. The number of unbranched alkanes of at least 4 members (excludes halogenated alkanes) is 1. The maximum Gasteiger partial charge on any atom is 0.325 e. The Kier molecular flexibility index (Phi) is 12.5. The van der Waals surface area contributed by atoms with Gasteiger partial charge in [-0.05, 0) is 66.5 Å². The number of amides is 2. The van der Waals surface area contributed by atoms with E-state index in [1.54, 1.807) is 18.5 Å². The Hall–Kier alpha value is -4.57. The van der Waals surface area contributed by atoms with E-state index < -0.39 is 24.0 Å². The summed E-state index contributed by atoms with van der Waals surface area (Å²) >= 11 is 1.37. The average Bonchev–Trinajstić information content (AvgIpc) is 3.57. The monoisotopic (exact) mass is 670 g/mol. The molecule has 254 valence electrons. The van der Waals surface area contributed by atoms with Crippen LogP contribution in [-0.4, -0.2) is 51.5 Å². The van der Waals surface area contributed by atoms with Crippen molar-refractivity contribution in [3.8, 4) is 28.3 Å². The number of thiophene rings is 1. The van der Waals surface area contributed by atoms with Gasteiger partial charge in [-0.15, -0.1) is 11.3 Å². The first-order valence-electron chi connectivity index (χ1n) is 16.4. The zero-order chi connectivity index (χ0) is 34.8. The van der Waals surface area contributed by atoms with Gasteiger partial charge >= 0.3 is 5.97 Å². The predicted octanol–water partition coefficient (Wildman–Crippen LogP) is 7.31. The molecule has 10 heteroatoms. The minimum Gasteiger partial charge on any atom is -0.494 e. The molecule has 9 nitrogen and oxygen atoms in total. The summed E-state index contributed by atoms with van der Waals surface area (Å²) in [6, 6.07) is 16.9. The van der Waals surface area contributed by atoms with Gasteiger partial charge < -0.3 is 20.5 Å². The van der Waals surface area contributed by atoms with Gasteiger partial charge in [0.15, 0.2) is 5.82 Å². The van der Waals surface area contributed by atoms with Crippen LogP contribution in [0.4, 0.5) is 0 Å². The molecule has 4 rings (SSSR count). The third-order valence-corrected chi connectivity index (χ3v) is 9.37. The van der Waals surface area contributed by atoms with E-state index in [0.717, 1.165) is 39.3 Å². The zero-order valence-corrected chi connectivity index (χ0v) is 29.4. The maximum atomic E-state index is 13.2. The van der Waals surface area contributed by atoms with Crippen LogP contribution in [-0.2, 0) is 21.4 Å². The molecule has 2 amide bonds. The van der Waals surface area contributed by atoms with Gasteiger partial charge in [-0.2, -0.15) is 0 Å². The molecule has 4 aromatic rings. The van der Waals surface area contributed by atoms with E-state index in [1.807, 2.05) is 54.6 Å². The van der Waals surface area contributed by atoms with Crippen LogP contribution >= 0.6 is 11.3 Å². The number of carboxylic acids is 1. The Labute approximate surface area is 287 Å². The molecule has 0 aliphatic carbocycles. The molecule has 0 radical (unpaired) electrons. The zero-order valence-electron chi connectivity index (χ0n) is 28.6. The number of aromatic nitrogens is 2. The minimum atomic E-state index is -1.16. The average molecular weight is 671 g/mol. The van der Waals surface area contributed by atoms with Crippen molar-refractivity contribution < 1.29 is 24.2 Å². The summed E-state index contributed by atoms with van der Waals surface area (Å²) in [5.74, 6) is -0.00872. The standard InChI is InChI=1S/C38H46N4O5S/c1-24(2)9-7-8-20-47-30-16-14-27(15-17-30)29-22-39-34(40-23-29)28-12-10-26(11-13-28)21-31(35(43)41-25(3)37(45)46)42-36(44)32-18-19-33(48-32)38(4,5)6/h10-19,22-25,31H,7-9,20-21H2,1-6H3,(H,41,43)(H,42,44)(H,45,46)/t25-,31+/m1/s1. The van der Waals surface area contributed by atoms with Crippen LogP contribution < -0.4 is 15.4 Å². The number of hydrogen-bond donors (Lipinski definition) is 3. The van der Waals surface area contributed by atoms with Crippen molar-refractivity contribution in [2.45, 2.75) is 84.7 Å². The molecule has 0 unspecified atom stereocenters. The molecule has 0 fully saturated rings. The lowest BCUT2D eigenvalue weighted by atomic mass is 9.95. The van der Waals surface area contributed by atoms with Crippen molar-refractivity contribution >= 4 is 29.1 Å². The second kappa shape index (κ2) is 16.5. The summed E-state index contributed by atoms with van der Waals surface area (Å²) in [6.07, 6.45) is 7.16. The molecule has 2 atom stereocenters. The number of carboxylic acid groups (broad SMARTS) is 1. The molecular formula is C38H46N4O5S. The molecule has 0 aliphatic heterocycles. The van der Waals surface area contributed by atoms with Gasteiger partial charge in [-0.1, -0.05) is 77.4 Å². The Bertz CT molecular complexity index is 1660. The van der Waals surface area contributed by atoms with Crippen molar-refractivity contribution in [2.75, 3.05) is 6.61 Å². The molecule has 2 aromatic carbocycles. The van der Waals surface area contributed by atoms with Crippen LogP contribution in [0.3, 0.4) is 0 Å². The Balaban J connectivity index is 1.40. The third-order valence-electron chi connectivity index (χ3n) is 7.86. The number of aliphatic carboxylic acids is 1. The summed E-state index contributed by atoms with van der Waals surface area (Å²) in [5.41, 5.74) is 3.34. The summed E-state index contributed by atoms with van der Waals surface area (Å²) in [6.45, 7) is 12.8. The molecule has 0 bridgehead atoms. The fourth-order valence-corrected chi connectivity index (χ4v) is 5.88. The predicted molar refractivity (Wildman–Crippen MR) is 190 cm³/mol. The van der Waals surface area contributed by atoms with Gasteiger partial charge in [-0.3, -0.25) is 14.4 Å². The van der Waals surface area contributed by atoms with Gasteiger partial charge in [-0.25, -0.2) is 9.97 Å². The summed E-state index contributed by atoms with van der Waals surface area (Å²) < 4.78 is 5.88. The first-order chi connectivity index (χ1) is 22.8. The quantitative estimate of drug-likeness (QED) is 0.113. The van der Waals surface area contributed by atoms with Crippen LogP contribution in [0.2, 0.25) is 0 Å². The van der Waals surface area contributed by atoms with Gasteiger partial charge in [0.2, 0.25) is 5.91 Å². The van der Waals surface area contributed by atoms with E-state index in [2.05, 4.69) is 55.2 Å². The molecular weight excluding hydrogens is 625 g/mol. The summed E-state index contributed by atoms with van der Waals surface area (Å²) in [7, 11) is 0. The van der Waals surface area contributed by atoms with E-state index in [-0.39, 0.29) is 17.7 Å². The van der Waals surface area contributed by atoms with E-state index in [4.69, 9.17) is 4.74 Å². The van der Waals surface area contributed by atoms with Gasteiger partial charge in [0.05, 0.1) is 11.5 Å². The highest BCUT2D eigenvalue weighted by molar-refractivity contribution is 7.14. The Morgan fingerprint density at radius 2 is 1.48 bits per heavy atom. The fourth-order valence-electron chi connectivity index (χ4n) is 4.92. The van der Waals surface area contributed by atoms with Crippen LogP contribution in [0.15, 0.2) is 73.1 Å². The van der Waals surface area contributed by atoms with E-state index in [0.29, 0.717) is 23.2 Å². The number of benzene rings is 2. The molecule has 2 heterocycles. The lowest BCUT2D eigenvalue weighted by Crippen LogP contribution is -2.51. The van der Waals surface area contributed by atoms with Gasteiger partial charge in [0, 0.05) is 34.8 Å². The maximum absolute atomic E-state index is 13.2. The van der Waals surface area contributed by atoms with Crippen LogP contribution in [0.5, 0.6) is 5.75 Å². The smallest absolute Gasteiger partial charge is 0.325 e. The van der Waals surface area contributed by atoms with E-state index in [1.165, 1.54) is 31.1 Å². The number of nitrogens with one attached hydrogen (secondary N) is 2. The van der Waals surface area contributed by atoms with E-state index in [9.17, 15) is 19.5 Å². The number of ether oxygens (including phenoxy) is 1. The van der Waals surface area contributed by atoms with Gasteiger partial charge in [0.25, 0.3) is 5.91 Å². The Morgan fingerprint density at radius 1 is 0.833 bits per heavy atom. The highest BCUT2D eigenvalue weighted by Gasteiger charge is 2.26. The topological polar surface area (TPSA) is 131 Å². The summed E-state index contributed by atoms with van der Waals surface area (Å²) in [4.78, 5) is 48.4. The molecule has 48 heavy (non-hydrogen) atoms. The second-order valence-corrected chi connectivity index (χ2v) is 14.6. The lowest BCUT2D eigenvalue weighted by Gasteiger charge is -2.20. The number of carbonyl (C=O) groups is 3. The second-order valence-electron chi connectivity index (χ2n) is 13.5. The first-order valence-corrected chi connectivity index (χ1v) is 17.2. The van der Waals surface area contributed by atoms with Crippen LogP contribution in [0.25, 0.3) is 22.5 Å². The van der Waals surface area contributed by atoms with Gasteiger partial charge in [0.1, 0.15) is 17.8 Å². The van der Waals surface area contributed by atoms with E-state index >= 15 is 0 Å². The highest BCUT2D eigenvalue weighted by Crippen LogP contribution is 2.29. The molecule has 0 saturated carbocycles. The van der Waals surface area contributed by atoms with Crippen molar-refractivity contribution in [1.29, 1.82) is 0 Å². The normalized spacial score (nSPS) is 12.7. The first kappa shape index (κ1) is 36.3.